The first-order valence-corrected chi connectivity index (χ1v) is 5.41. The van der Waals surface area contributed by atoms with Gasteiger partial charge >= 0.3 is 17.6 Å². The van der Waals surface area contributed by atoms with E-state index in [9.17, 15) is 19.7 Å². The first-order chi connectivity index (χ1) is 9.81. The summed E-state index contributed by atoms with van der Waals surface area (Å²) in [6.45, 7) is 0. The summed E-state index contributed by atoms with van der Waals surface area (Å²) < 4.78 is 0.900. The van der Waals surface area contributed by atoms with Crippen molar-refractivity contribution in [2.75, 3.05) is 5.73 Å². The number of nitrogen functional groups attached to an aromatic ring is 1. The number of aromatic carboxylic acids is 2. The molecule has 0 saturated carbocycles. The third kappa shape index (κ3) is 2.49. The minimum absolute atomic E-state index is 0.00194. The van der Waals surface area contributed by atoms with Gasteiger partial charge in [0.25, 0.3) is 0 Å². The molecule has 0 radical (unpaired) electrons. The minimum Gasteiger partial charge on any atom is -0.478 e. The van der Waals surface area contributed by atoms with E-state index in [1.165, 1.54) is 0 Å². The molecule has 0 fully saturated rings. The predicted molar refractivity (Wildman–Crippen MR) is 68.5 cm³/mol. The number of rotatable bonds is 4. The first-order valence-electron chi connectivity index (χ1n) is 5.41. The third-order valence-electron chi connectivity index (χ3n) is 2.64. The van der Waals surface area contributed by atoms with Crippen LogP contribution in [0.3, 0.4) is 0 Å². The molecule has 0 spiro atoms. The number of benzene rings is 1. The van der Waals surface area contributed by atoms with Crippen molar-refractivity contribution in [3.63, 3.8) is 0 Å². The zero-order valence-corrected chi connectivity index (χ0v) is 10.3. The van der Waals surface area contributed by atoms with Crippen molar-refractivity contribution in [3.8, 4) is 5.69 Å². The summed E-state index contributed by atoms with van der Waals surface area (Å²) in [5.74, 6) is -3.03. The van der Waals surface area contributed by atoms with Crippen LogP contribution in [0.4, 0.5) is 11.5 Å². The molecule has 4 N–H and O–H groups in total. The van der Waals surface area contributed by atoms with Gasteiger partial charge in [0.05, 0.1) is 21.7 Å². The van der Waals surface area contributed by atoms with Crippen molar-refractivity contribution in [1.29, 1.82) is 0 Å². The Kier molecular flexibility index (Phi) is 3.28. The number of carbonyl (C=O) groups is 2. The second-order valence-electron chi connectivity index (χ2n) is 3.96. The van der Waals surface area contributed by atoms with Gasteiger partial charge < -0.3 is 15.9 Å². The van der Waals surface area contributed by atoms with E-state index in [2.05, 4.69) is 5.10 Å². The number of carboxylic acid groups (broad SMARTS) is 2. The molecule has 10 heteroatoms. The zero-order valence-electron chi connectivity index (χ0n) is 10.3. The maximum atomic E-state index is 11.0. The van der Waals surface area contributed by atoms with E-state index in [1.807, 2.05) is 0 Å². The van der Waals surface area contributed by atoms with Crippen LogP contribution in [0.1, 0.15) is 20.7 Å². The Balaban J connectivity index is 2.66. The van der Waals surface area contributed by atoms with E-state index in [0.29, 0.717) is 0 Å². The van der Waals surface area contributed by atoms with Gasteiger partial charge in [0.2, 0.25) is 5.82 Å². The number of nitrogens with two attached hydrogens (primary N) is 1. The average Bonchev–Trinajstić information content (AvgIpc) is 2.80. The molecule has 21 heavy (non-hydrogen) atoms. The van der Waals surface area contributed by atoms with Crippen molar-refractivity contribution >= 4 is 23.4 Å². The van der Waals surface area contributed by atoms with Crippen molar-refractivity contribution in [2.24, 2.45) is 0 Å². The van der Waals surface area contributed by atoms with Crippen LogP contribution in [0.25, 0.3) is 5.69 Å². The second kappa shape index (κ2) is 4.92. The summed E-state index contributed by atoms with van der Waals surface area (Å²) in [6, 6.07) is 3.19. The molecule has 0 bridgehead atoms. The van der Waals surface area contributed by atoms with Crippen LogP contribution in [-0.4, -0.2) is 36.9 Å². The van der Waals surface area contributed by atoms with Gasteiger partial charge in [-0.2, -0.15) is 5.10 Å². The van der Waals surface area contributed by atoms with E-state index in [-0.39, 0.29) is 22.6 Å². The lowest BCUT2D eigenvalue weighted by Crippen LogP contribution is -2.08. The highest BCUT2D eigenvalue weighted by molar-refractivity contribution is 5.94. The number of nitro groups is 1. The molecule has 0 aliphatic rings. The summed E-state index contributed by atoms with van der Waals surface area (Å²) in [5.41, 5.74) is 4.48. The molecular weight excluding hydrogens is 284 g/mol. The fraction of sp³-hybridized carbons (Fsp3) is 0. The first kappa shape index (κ1) is 14.0. The Morgan fingerprint density at radius 1 is 1.19 bits per heavy atom. The van der Waals surface area contributed by atoms with Crippen molar-refractivity contribution in [3.05, 3.63) is 45.6 Å². The molecule has 2 aromatic rings. The Labute approximate surface area is 116 Å². The van der Waals surface area contributed by atoms with E-state index < -0.39 is 22.5 Å². The van der Waals surface area contributed by atoms with Gasteiger partial charge in [-0.25, -0.2) is 14.3 Å². The van der Waals surface area contributed by atoms with Crippen LogP contribution in [0.15, 0.2) is 24.4 Å². The minimum atomic E-state index is -1.35. The van der Waals surface area contributed by atoms with E-state index in [1.54, 1.807) is 0 Å². The van der Waals surface area contributed by atoms with Crippen LogP contribution < -0.4 is 5.73 Å². The highest BCUT2D eigenvalue weighted by atomic mass is 16.6. The number of aromatic nitrogens is 2. The Morgan fingerprint density at radius 2 is 1.71 bits per heavy atom. The molecule has 0 saturated heterocycles. The van der Waals surface area contributed by atoms with Crippen molar-refractivity contribution in [1.82, 2.24) is 9.78 Å². The lowest BCUT2D eigenvalue weighted by atomic mass is 10.1. The standard InChI is InChI=1S/C11H8N4O6/c12-9-8(15(20)21)4-13-14(9)7-2-5(10(16)17)1-6(3-7)11(18)19/h1-4H,12H2,(H,16,17)(H,18,19). The molecule has 1 aromatic carbocycles. The SMILES string of the molecule is Nc1c([N+](=O)[O-])cnn1-c1cc(C(=O)O)cc(C(=O)O)c1. The van der Waals surface area contributed by atoms with E-state index >= 15 is 0 Å². The van der Waals surface area contributed by atoms with Crippen LogP contribution in [-0.2, 0) is 0 Å². The van der Waals surface area contributed by atoms with E-state index in [4.69, 9.17) is 15.9 Å². The zero-order chi connectivity index (χ0) is 15.7. The molecule has 108 valence electrons. The molecule has 0 unspecified atom stereocenters. The van der Waals surface area contributed by atoms with Crippen molar-refractivity contribution < 1.29 is 24.7 Å². The second-order valence-corrected chi connectivity index (χ2v) is 3.96. The van der Waals surface area contributed by atoms with Crippen LogP contribution in [0, 0.1) is 10.1 Å². The molecule has 0 aliphatic heterocycles. The Hall–Kier alpha value is -3.43. The van der Waals surface area contributed by atoms with Crippen LogP contribution in [0.5, 0.6) is 0 Å². The van der Waals surface area contributed by atoms with Gasteiger partial charge in [-0.1, -0.05) is 0 Å². The quantitative estimate of drug-likeness (QED) is 0.549. The number of anilines is 1. The van der Waals surface area contributed by atoms with E-state index in [0.717, 1.165) is 29.1 Å². The largest absolute Gasteiger partial charge is 0.478 e. The fourth-order valence-corrected chi connectivity index (χ4v) is 1.68. The Morgan fingerprint density at radius 3 is 2.10 bits per heavy atom. The van der Waals surface area contributed by atoms with Crippen molar-refractivity contribution in [2.45, 2.75) is 0 Å². The Bertz CT molecular complexity index is 734. The summed E-state index contributed by atoms with van der Waals surface area (Å²) in [5, 5.41) is 32.3. The van der Waals surface area contributed by atoms with Crippen LogP contribution in [0.2, 0.25) is 0 Å². The summed E-state index contributed by atoms with van der Waals surface area (Å²) in [6.07, 6.45) is 0.892. The average molecular weight is 292 g/mol. The van der Waals surface area contributed by atoms with Crippen LogP contribution >= 0.6 is 0 Å². The molecule has 0 amide bonds. The molecule has 0 aliphatic carbocycles. The molecule has 1 aromatic heterocycles. The number of nitrogens with zero attached hydrogens (tertiary/aromatic N) is 3. The van der Waals surface area contributed by atoms with Gasteiger partial charge in [-0.15, -0.1) is 0 Å². The maximum Gasteiger partial charge on any atom is 0.335 e. The van der Waals surface area contributed by atoms with Gasteiger partial charge in [-0.05, 0) is 18.2 Å². The molecule has 1 heterocycles. The van der Waals surface area contributed by atoms with Gasteiger partial charge in [0.1, 0.15) is 6.20 Å². The molecule has 0 atom stereocenters. The molecule has 2 rings (SSSR count). The summed E-state index contributed by atoms with van der Waals surface area (Å²) >= 11 is 0. The summed E-state index contributed by atoms with van der Waals surface area (Å²) in [4.78, 5) is 31.9. The monoisotopic (exact) mass is 292 g/mol. The number of hydrogen-bond donors (Lipinski definition) is 3. The summed E-state index contributed by atoms with van der Waals surface area (Å²) in [7, 11) is 0. The highest BCUT2D eigenvalue weighted by Gasteiger charge is 2.20. The lowest BCUT2D eigenvalue weighted by molar-refractivity contribution is -0.383. The maximum absolute atomic E-state index is 11.0. The lowest BCUT2D eigenvalue weighted by Gasteiger charge is -2.06. The highest BCUT2D eigenvalue weighted by Crippen LogP contribution is 2.24. The topological polar surface area (TPSA) is 162 Å². The molecule has 10 nitrogen and oxygen atoms in total. The van der Waals surface area contributed by atoms with Gasteiger partial charge in [0, 0.05) is 0 Å². The molecular formula is C11H8N4O6. The normalized spacial score (nSPS) is 10.3. The smallest absolute Gasteiger partial charge is 0.335 e. The number of hydrogen-bond acceptors (Lipinski definition) is 6. The predicted octanol–water partition coefficient (Wildman–Crippen LogP) is 0.759. The third-order valence-corrected chi connectivity index (χ3v) is 2.64. The number of carboxylic acids is 2. The fourth-order valence-electron chi connectivity index (χ4n) is 1.68. The van der Waals surface area contributed by atoms with Gasteiger partial charge in [-0.3, -0.25) is 10.1 Å². The van der Waals surface area contributed by atoms with Gasteiger partial charge in [0.15, 0.2) is 0 Å².